The molecular formula is C13H16N2O6. The Bertz CT molecular complexity index is 597. The summed E-state index contributed by atoms with van der Waals surface area (Å²) in [6, 6.07) is 6.54. The Labute approximate surface area is 119 Å². The Hall–Kier alpha value is -2.29. The van der Waals surface area contributed by atoms with Crippen LogP contribution in [0.3, 0.4) is 0 Å². The lowest BCUT2D eigenvalue weighted by molar-refractivity contribution is -0.384. The smallest absolute Gasteiger partial charge is 0.270 e. The fourth-order valence-corrected chi connectivity index (χ4v) is 1.53. The van der Waals surface area contributed by atoms with E-state index in [9.17, 15) is 14.9 Å². The summed E-state index contributed by atoms with van der Waals surface area (Å²) in [5.74, 6) is 0. The standard InChI is InChI=1S/C8H6N2O2.C5H10O4/c11-10(12)7-1-2-8-6(5-7)3-4-9-8;6-2-1-4(8)5(9)3-7/h1-5,9H;2,4-5,7-9H,1,3H2. The average molecular weight is 296 g/mol. The number of hydrogen-bond donors (Lipinski definition) is 4. The highest BCUT2D eigenvalue weighted by Crippen LogP contribution is 2.18. The van der Waals surface area contributed by atoms with Gasteiger partial charge in [0.05, 0.1) is 17.6 Å². The summed E-state index contributed by atoms with van der Waals surface area (Å²) in [6.45, 7) is -0.519. The molecule has 2 unspecified atom stereocenters. The quantitative estimate of drug-likeness (QED) is 0.357. The van der Waals surface area contributed by atoms with E-state index in [1.807, 2.05) is 6.07 Å². The maximum atomic E-state index is 10.4. The van der Waals surface area contributed by atoms with Gasteiger partial charge in [-0.25, -0.2) is 0 Å². The molecule has 0 amide bonds. The number of fused-ring (bicyclic) bond motifs is 1. The van der Waals surface area contributed by atoms with Gasteiger partial charge in [0.2, 0.25) is 0 Å². The van der Waals surface area contributed by atoms with Gasteiger partial charge >= 0.3 is 0 Å². The van der Waals surface area contributed by atoms with Crippen LogP contribution in [0.15, 0.2) is 30.5 Å². The third kappa shape index (κ3) is 4.95. The highest BCUT2D eigenvalue weighted by molar-refractivity contribution is 5.81. The first-order valence-electron chi connectivity index (χ1n) is 6.11. The summed E-state index contributed by atoms with van der Waals surface area (Å²) in [6.07, 6.45) is -0.220. The molecule has 0 aliphatic carbocycles. The van der Waals surface area contributed by atoms with Gasteiger partial charge < -0.3 is 25.1 Å². The third-order valence-corrected chi connectivity index (χ3v) is 2.72. The molecule has 0 fully saturated rings. The minimum absolute atomic E-state index is 0.127. The first-order chi connectivity index (χ1) is 9.99. The van der Waals surface area contributed by atoms with Crippen LogP contribution >= 0.6 is 0 Å². The van der Waals surface area contributed by atoms with Crippen LogP contribution in [0.1, 0.15) is 6.42 Å². The number of H-pyrrole nitrogens is 1. The van der Waals surface area contributed by atoms with Gasteiger partial charge in [-0.3, -0.25) is 10.1 Å². The van der Waals surface area contributed by atoms with E-state index in [2.05, 4.69) is 4.98 Å². The molecule has 2 aromatic rings. The van der Waals surface area contributed by atoms with Crippen LogP contribution < -0.4 is 0 Å². The van der Waals surface area contributed by atoms with Crippen molar-refractivity contribution in [3.63, 3.8) is 0 Å². The maximum absolute atomic E-state index is 10.4. The van der Waals surface area contributed by atoms with Crippen molar-refractivity contribution in [3.8, 4) is 0 Å². The van der Waals surface area contributed by atoms with E-state index >= 15 is 0 Å². The van der Waals surface area contributed by atoms with E-state index in [1.165, 1.54) is 6.07 Å². The Morgan fingerprint density at radius 2 is 2.00 bits per heavy atom. The van der Waals surface area contributed by atoms with Gasteiger partial charge in [0.25, 0.3) is 5.69 Å². The molecule has 0 saturated carbocycles. The normalized spacial score (nSPS) is 13.1. The van der Waals surface area contributed by atoms with Crippen LogP contribution in [0.5, 0.6) is 0 Å². The molecule has 0 spiro atoms. The van der Waals surface area contributed by atoms with Gasteiger partial charge in [-0.1, -0.05) is 0 Å². The zero-order valence-electron chi connectivity index (χ0n) is 11.0. The number of aldehydes is 1. The van der Waals surface area contributed by atoms with Crippen LogP contribution in [-0.2, 0) is 4.79 Å². The average Bonchev–Trinajstić information content (AvgIpc) is 2.94. The number of hydrogen-bond acceptors (Lipinski definition) is 6. The molecule has 2 atom stereocenters. The van der Waals surface area contributed by atoms with Crippen molar-refractivity contribution in [2.75, 3.05) is 6.61 Å². The molecule has 1 aromatic heterocycles. The molecule has 4 N–H and O–H groups in total. The zero-order chi connectivity index (χ0) is 15.8. The number of aromatic nitrogens is 1. The topological polar surface area (TPSA) is 137 Å². The molecule has 2 rings (SSSR count). The lowest BCUT2D eigenvalue weighted by atomic mass is 10.2. The van der Waals surface area contributed by atoms with Crippen LogP contribution in [0.4, 0.5) is 5.69 Å². The van der Waals surface area contributed by atoms with Crippen LogP contribution in [0, 0.1) is 10.1 Å². The molecule has 1 heterocycles. The molecular weight excluding hydrogens is 280 g/mol. The molecule has 0 bridgehead atoms. The van der Waals surface area contributed by atoms with Crippen molar-refractivity contribution >= 4 is 22.9 Å². The van der Waals surface area contributed by atoms with E-state index in [0.29, 0.717) is 6.29 Å². The predicted molar refractivity (Wildman–Crippen MR) is 74.7 cm³/mol. The molecule has 1 aromatic carbocycles. The second kappa shape index (κ2) is 8.10. The van der Waals surface area contributed by atoms with Crippen molar-refractivity contribution in [2.45, 2.75) is 18.6 Å². The number of aliphatic hydroxyl groups excluding tert-OH is 3. The number of non-ortho nitro benzene ring substituents is 1. The highest BCUT2D eigenvalue weighted by atomic mass is 16.6. The number of aromatic amines is 1. The van der Waals surface area contributed by atoms with Gasteiger partial charge in [-0.2, -0.15) is 0 Å². The summed E-state index contributed by atoms with van der Waals surface area (Å²) >= 11 is 0. The molecule has 0 aliphatic heterocycles. The summed E-state index contributed by atoms with van der Waals surface area (Å²) in [5, 5.41) is 36.7. The monoisotopic (exact) mass is 296 g/mol. The van der Waals surface area contributed by atoms with E-state index in [4.69, 9.17) is 15.3 Å². The van der Waals surface area contributed by atoms with Gasteiger partial charge in [-0.15, -0.1) is 0 Å². The first kappa shape index (κ1) is 16.8. The van der Waals surface area contributed by atoms with Crippen LogP contribution in [0.2, 0.25) is 0 Å². The number of carbonyl (C=O) groups excluding carboxylic acids is 1. The van der Waals surface area contributed by atoms with E-state index in [-0.39, 0.29) is 12.1 Å². The van der Waals surface area contributed by atoms with E-state index in [1.54, 1.807) is 18.3 Å². The Morgan fingerprint density at radius 1 is 1.29 bits per heavy atom. The molecule has 0 aliphatic rings. The third-order valence-electron chi connectivity index (χ3n) is 2.72. The van der Waals surface area contributed by atoms with E-state index in [0.717, 1.165) is 10.9 Å². The number of aliphatic hydroxyl groups is 3. The summed E-state index contributed by atoms with van der Waals surface area (Å²) < 4.78 is 0. The predicted octanol–water partition coefficient (Wildman–Crippen LogP) is 0.366. The van der Waals surface area contributed by atoms with Gasteiger partial charge in [0.15, 0.2) is 0 Å². The Kier molecular flexibility index (Phi) is 6.47. The molecule has 0 radical (unpaired) electrons. The van der Waals surface area contributed by atoms with Crippen LogP contribution in [-0.4, -0.2) is 50.3 Å². The molecule has 8 heteroatoms. The second-order valence-electron chi connectivity index (χ2n) is 4.23. The number of carbonyl (C=O) groups is 1. The van der Waals surface area contributed by atoms with Crippen molar-refractivity contribution in [3.05, 3.63) is 40.6 Å². The van der Waals surface area contributed by atoms with Gasteiger partial charge in [0.1, 0.15) is 12.4 Å². The maximum Gasteiger partial charge on any atom is 0.270 e. The Morgan fingerprint density at radius 3 is 2.57 bits per heavy atom. The lowest BCUT2D eigenvalue weighted by Crippen LogP contribution is -2.29. The zero-order valence-corrected chi connectivity index (χ0v) is 11.0. The van der Waals surface area contributed by atoms with E-state index < -0.39 is 23.7 Å². The molecule has 0 saturated heterocycles. The highest BCUT2D eigenvalue weighted by Gasteiger charge is 2.13. The first-order valence-corrected chi connectivity index (χ1v) is 6.11. The molecule has 114 valence electrons. The minimum atomic E-state index is -1.20. The summed E-state index contributed by atoms with van der Waals surface area (Å²) in [5.41, 5.74) is 1.04. The Balaban J connectivity index is 0.000000222. The number of benzene rings is 1. The van der Waals surface area contributed by atoms with Crippen molar-refractivity contribution < 1.29 is 25.0 Å². The number of nitrogens with zero attached hydrogens (tertiary/aromatic N) is 1. The van der Waals surface area contributed by atoms with Gasteiger partial charge in [-0.05, 0) is 12.1 Å². The molecule has 21 heavy (non-hydrogen) atoms. The van der Waals surface area contributed by atoms with Crippen molar-refractivity contribution in [1.82, 2.24) is 4.98 Å². The van der Waals surface area contributed by atoms with Crippen LogP contribution in [0.25, 0.3) is 10.9 Å². The minimum Gasteiger partial charge on any atom is -0.394 e. The largest absolute Gasteiger partial charge is 0.394 e. The SMILES string of the molecule is O=CCC(O)C(O)CO.O=[N+]([O-])c1ccc2[nH]ccc2c1. The number of nitro benzene ring substituents is 1. The number of rotatable bonds is 5. The lowest BCUT2D eigenvalue weighted by Gasteiger charge is -2.11. The summed E-state index contributed by atoms with van der Waals surface area (Å²) in [7, 11) is 0. The number of nitrogens with one attached hydrogen (secondary N) is 1. The fourth-order valence-electron chi connectivity index (χ4n) is 1.53. The molecule has 8 nitrogen and oxygen atoms in total. The van der Waals surface area contributed by atoms with Gasteiger partial charge in [0, 0.05) is 35.7 Å². The fraction of sp³-hybridized carbons (Fsp3) is 0.308. The number of nitro groups is 1. The van der Waals surface area contributed by atoms with Crippen molar-refractivity contribution in [1.29, 1.82) is 0 Å². The summed E-state index contributed by atoms with van der Waals surface area (Å²) in [4.78, 5) is 22.6. The second-order valence-corrected chi connectivity index (χ2v) is 4.23. The van der Waals surface area contributed by atoms with Crippen molar-refractivity contribution in [2.24, 2.45) is 0 Å².